The summed E-state index contributed by atoms with van der Waals surface area (Å²) in [5, 5.41) is 19.7. The van der Waals surface area contributed by atoms with Gasteiger partial charge in [-0.15, -0.1) is 0 Å². The van der Waals surface area contributed by atoms with Crippen LogP contribution in [0.15, 0.2) is 0 Å². The Balaban J connectivity index is 1.99. The molecule has 1 N–H and O–H groups in total. The zero-order valence-electron chi connectivity index (χ0n) is 10.3. The van der Waals surface area contributed by atoms with Crippen LogP contribution in [0.1, 0.15) is 52.4 Å². The zero-order chi connectivity index (χ0) is 11.6. The Morgan fingerprint density at radius 1 is 1.12 bits per heavy atom. The van der Waals surface area contributed by atoms with Crippen LogP contribution in [0.4, 0.5) is 0 Å². The van der Waals surface area contributed by atoms with Crippen LogP contribution in [0.5, 0.6) is 0 Å². The molecular weight excluding hydrogens is 198 g/mol. The topological polar surface area (TPSA) is 44.0 Å². The zero-order valence-corrected chi connectivity index (χ0v) is 10.3. The van der Waals surface area contributed by atoms with Gasteiger partial charge >= 0.3 is 0 Å². The van der Waals surface area contributed by atoms with Crippen molar-refractivity contribution < 1.29 is 5.11 Å². The first-order chi connectivity index (χ1) is 7.39. The summed E-state index contributed by atoms with van der Waals surface area (Å²) in [6.07, 6.45) is 6.22. The number of aliphatic hydroxyl groups is 1. The predicted octanol–water partition coefficient (Wildman–Crippen LogP) is 2.87. The lowest BCUT2D eigenvalue weighted by Crippen LogP contribution is -2.63. The standard InChI is InChI=1S/C14H21NO/c1-12-5-10-7-13(2,9-12)8-11(6-12)14(10,16)3-4-15/h10-11,16H,3,5-9H2,1-2H3. The molecule has 0 saturated heterocycles. The summed E-state index contributed by atoms with van der Waals surface area (Å²) < 4.78 is 0. The largest absolute Gasteiger partial charge is 0.388 e. The molecule has 0 aromatic carbocycles. The molecule has 0 spiro atoms. The molecule has 16 heavy (non-hydrogen) atoms. The maximum absolute atomic E-state index is 10.8. The van der Waals surface area contributed by atoms with E-state index in [1.165, 1.54) is 6.42 Å². The van der Waals surface area contributed by atoms with Gasteiger partial charge in [-0.25, -0.2) is 0 Å². The van der Waals surface area contributed by atoms with E-state index >= 15 is 0 Å². The third kappa shape index (κ3) is 1.21. The number of nitriles is 1. The number of nitrogens with zero attached hydrogens (tertiary/aromatic N) is 1. The monoisotopic (exact) mass is 219 g/mol. The molecule has 0 radical (unpaired) electrons. The highest BCUT2D eigenvalue weighted by molar-refractivity contribution is 5.15. The van der Waals surface area contributed by atoms with Crippen LogP contribution >= 0.6 is 0 Å². The first-order valence-electron chi connectivity index (χ1n) is 6.49. The second-order valence-corrected chi connectivity index (χ2v) is 7.33. The Hall–Kier alpha value is -0.550. The van der Waals surface area contributed by atoms with Crippen molar-refractivity contribution in [1.29, 1.82) is 5.26 Å². The third-order valence-corrected chi connectivity index (χ3v) is 5.59. The Bertz CT molecular complexity index is 331. The Morgan fingerprint density at radius 3 is 1.94 bits per heavy atom. The fourth-order valence-electron chi connectivity index (χ4n) is 5.47. The van der Waals surface area contributed by atoms with Crippen LogP contribution in [-0.2, 0) is 0 Å². The van der Waals surface area contributed by atoms with Crippen molar-refractivity contribution in [2.45, 2.75) is 58.0 Å². The molecule has 4 aliphatic rings. The summed E-state index contributed by atoms with van der Waals surface area (Å²) in [7, 11) is 0. The third-order valence-electron chi connectivity index (χ3n) is 5.59. The predicted molar refractivity (Wildman–Crippen MR) is 61.5 cm³/mol. The normalized spacial score (nSPS) is 58.6. The summed E-state index contributed by atoms with van der Waals surface area (Å²) >= 11 is 0. The summed E-state index contributed by atoms with van der Waals surface area (Å²) in [6, 6.07) is 2.21. The average Bonchev–Trinajstić information content (AvgIpc) is 2.11. The number of hydrogen-bond donors (Lipinski definition) is 1. The van der Waals surface area contributed by atoms with Crippen molar-refractivity contribution in [3.63, 3.8) is 0 Å². The van der Waals surface area contributed by atoms with Gasteiger partial charge in [0.25, 0.3) is 0 Å². The number of rotatable bonds is 1. The second kappa shape index (κ2) is 2.82. The minimum Gasteiger partial charge on any atom is -0.388 e. The minimum atomic E-state index is -0.659. The van der Waals surface area contributed by atoms with Crippen molar-refractivity contribution in [3.05, 3.63) is 0 Å². The SMILES string of the molecule is CC12CC3CC(C)(CC(C1)C3(O)CC#N)C2. The van der Waals surface area contributed by atoms with Gasteiger partial charge in [-0.1, -0.05) is 13.8 Å². The molecule has 4 bridgehead atoms. The van der Waals surface area contributed by atoms with Gasteiger partial charge in [-0.05, 0) is 54.8 Å². The molecule has 4 fully saturated rings. The van der Waals surface area contributed by atoms with E-state index in [-0.39, 0.29) is 0 Å². The van der Waals surface area contributed by atoms with Crippen molar-refractivity contribution in [2.75, 3.05) is 0 Å². The lowest BCUT2D eigenvalue weighted by molar-refractivity contribution is -0.219. The first kappa shape index (κ1) is 10.6. The van der Waals surface area contributed by atoms with E-state index in [9.17, 15) is 5.11 Å². The van der Waals surface area contributed by atoms with Crippen LogP contribution in [0.2, 0.25) is 0 Å². The van der Waals surface area contributed by atoms with Crippen LogP contribution in [-0.4, -0.2) is 10.7 Å². The minimum absolute atomic E-state index is 0.342. The summed E-state index contributed by atoms with van der Waals surface area (Å²) in [6.45, 7) is 4.77. The van der Waals surface area contributed by atoms with Gasteiger partial charge in [0.15, 0.2) is 0 Å². The van der Waals surface area contributed by atoms with Gasteiger partial charge in [0.05, 0.1) is 18.1 Å². The molecule has 0 unspecified atom stereocenters. The molecule has 0 heterocycles. The van der Waals surface area contributed by atoms with E-state index in [1.807, 2.05) is 0 Å². The molecule has 0 aliphatic heterocycles. The average molecular weight is 219 g/mol. The van der Waals surface area contributed by atoms with Gasteiger partial charge < -0.3 is 5.11 Å². The fraction of sp³-hybridized carbons (Fsp3) is 0.929. The summed E-state index contributed by atoms with van der Waals surface area (Å²) in [5.74, 6) is 0.756. The fourth-order valence-corrected chi connectivity index (χ4v) is 5.47. The van der Waals surface area contributed by atoms with E-state index in [2.05, 4.69) is 19.9 Å². The second-order valence-electron chi connectivity index (χ2n) is 7.33. The molecule has 88 valence electrons. The van der Waals surface area contributed by atoms with E-state index < -0.39 is 5.60 Å². The molecule has 2 nitrogen and oxygen atoms in total. The van der Waals surface area contributed by atoms with Gasteiger partial charge in [-0.2, -0.15) is 5.26 Å². The molecule has 4 rings (SSSR count). The molecule has 0 aromatic rings. The van der Waals surface area contributed by atoms with Crippen molar-refractivity contribution >= 4 is 0 Å². The van der Waals surface area contributed by atoms with Crippen LogP contribution in [0.25, 0.3) is 0 Å². The van der Waals surface area contributed by atoms with Gasteiger partial charge in [-0.3, -0.25) is 0 Å². The van der Waals surface area contributed by atoms with Crippen molar-refractivity contribution in [1.82, 2.24) is 0 Å². The van der Waals surface area contributed by atoms with E-state index in [0.717, 1.165) is 25.7 Å². The van der Waals surface area contributed by atoms with Crippen LogP contribution in [0.3, 0.4) is 0 Å². The highest BCUT2D eigenvalue weighted by atomic mass is 16.3. The maximum atomic E-state index is 10.8. The lowest BCUT2D eigenvalue weighted by atomic mass is 9.40. The smallest absolute Gasteiger partial charge is 0.0833 e. The number of hydrogen-bond acceptors (Lipinski definition) is 2. The van der Waals surface area contributed by atoms with Crippen LogP contribution < -0.4 is 0 Å². The summed E-state index contributed by atoms with van der Waals surface area (Å²) in [4.78, 5) is 0. The Kier molecular flexibility index (Phi) is 1.87. The highest BCUT2D eigenvalue weighted by Gasteiger charge is 2.63. The maximum Gasteiger partial charge on any atom is 0.0833 e. The summed E-state index contributed by atoms with van der Waals surface area (Å²) in [5.41, 5.74) is 0.235. The highest BCUT2D eigenvalue weighted by Crippen LogP contribution is 2.68. The van der Waals surface area contributed by atoms with E-state index in [0.29, 0.717) is 29.1 Å². The van der Waals surface area contributed by atoms with Crippen molar-refractivity contribution in [3.8, 4) is 6.07 Å². The molecule has 4 aliphatic carbocycles. The van der Waals surface area contributed by atoms with Crippen molar-refractivity contribution in [2.24, 2.45) is 22.7 Å². The molecule has 0 amide bonds. The molecular formula is C14H21NO. The Labute approximate surface area is 97.7 Å². The van der Waals surface area contributed by atoms with E-state index in [1.54, 1.807) is 0 Å². The molecule has 4 saturated carbocycles. The lowest BCUT2D eigenvalue weighted by Gasteiger charge is -2.66. The molecule has 0 atom stereocenters. The molecule has 2 heteroatoms. The van der Waals surface area contributed by atoms with Crippen LogP contribution in [0, 0.1) is 34.0 Å². The van der Waals surface area contributed by atoms with Gasteiger partial charge in [0.2, 0.25) is 0 Å². The van der Waals surface area contributed by atoms with E-state index in [4.69, 9.17) is 5.26 Å². The Morgan fingerprint density at radius 2 is 1.56 bits per heavy atom. The molecule has 0 aromatic heterocycles. The first-order valence-corrected chi connectivity index (χ1v) is 6.49. The van der Waals surface area contributed by atoms with Gasteiger partial charge in [0, 0.05) is 0 Å². The quantitative estimate of drug-likeness (QED) is 0.737. The van der Waals surface area contributed by atoms with Gasteiger partial charge in [0.1, 0.15) is 0 Å².